The standard InChI is InChI=1S/C11H20ClN3/c1-5-8(2)13-6-7-15-10(4)11(12)9(3)14-15/h8,13H,5-7H2,1-4H3. The summed E-state index contributed by atoms with van der Waals surface area (Å²) in [5.41, 5.74) is 1.97. The first-order valence-corrected chi connectivity index (χ1v) is 5.87. The van der Waals surface area contributed by atoms with Gasteiger partial charge in [-0.25, -0.2) is 0 Å². The molecule has 0 spiro atoms. The van der Waals surface area contributed by atoms with Crippen LogP contribution in [0.1, 0.15) is 31.7 Å². The number of aryl methyl sites for hydroxylation is 1. The van der Waals surface area contributed by atoms with E-state index in [1.54, 1.807) is 0 Å². The summed E-state index contributed by atoms with van der Waals surface area (Å²) in [6, 6.07) is 0.567. The highest BCUT2D eigenvalue weighted by Gasteiger charge is 2.08. The SMILES string of the molecule is CCC(C)NCCn1nc(C)c(Cl)c1C. The van der Waals surface area contributed by atoms with Crippen molar-refractivity contribution in [2.24, 2.45) is 0 Å². The third kappa shape index (κ3) is 3.21. The Morgan fingerprint density at radius 1 is 1.47 bits per heavy atom. The lowest BCUT2D eigenvalue weighted by molar-refractivity contribution is 0.482. The molecule has 15 heavy (non-hydrogen) atoms. The van der Waals surface area contributed by atoms with Crippen LogP contribution in [0.4, 0.5) is 0 Å². The molecule has 1 unspecified atom stereocenters. The summed E-state index contributed by atoms with van der Waals surface area (Å²) in [6.45, 7) is 10.1. The molecule has 1 aromatic heterocycles. The third-order valence-corrected chi connectivity index (χ3v) is 3.27. The molecule has 1 N–H and O–H groups in total. The van der Waals surface area contributed by atoms with Crippen LogP contribution in [0.5, 0.6) is 0 Å². The zero-order valence-electron chi connectivity index (χ0n) is 9.97. The van der Waals surface area contributed by atoms with E-state index in [0.717, 1.165) is 35.9 Å². The minimum atomic E-state index is 0.567. The molecule has 1 rings (SSSR count). The Hall–Kier alpha value is -0.540. The highest BCUT2D eigenvalue weighted by molar-refractivity contribution is 6.31. The van der Waals surface area contributed by atoms with E-state index in [1.807, 2.05) is 18.5 Å². The maximum atomic E-state index is 6.06. The topological polar surface area (TPSA) is 29.9 Å². The van der Waals surface area contributed by atoms with E-state index in [-0.39, 0.29) is 0 Å². The van der Waals surface area contributed by atoms with Crippen LogP contribution in [0.3, 0.4) is 0 Å². The van der Waals surface area contributed by atoms with Crippen molar-refractivity contribution in [1.29, 1.82) is 0 Å². The first-order valence-electron chi connectivity index (χ1n) is 5.49. The van der Waals surface area contributed by atoms with Crippen LogP contribution in [0, 0.1) is 13.8 Å². The molecule has 0 aliphatic heterocycles. The van der Waals surface area contributed by atoms with Crippen LogP contribution in [0.15, 0.2) is 0 Å². The number of rotatable bonds is 5. The van der Waals surface area contributed by atoms with Gasteiger partial charge in [0.05, 0.1) is 23.0 Å². The number of aromatic nitrogens is 2. The Balaban J connectivity index is 2.47. The molecule has 86 valence electrons. The maximum Gasteiger partial charge on any atom is 0.0844 e. The van der Waals surface area contributed by atoms with Crippen molar-refractivity contribution in [2.45, 2.75) is 46.7 Å². The van der Waals surface area contributed by atoms with Crippen molar-refractivity contribution in [3.63, 3.8) is 0 Å². The van der Waals surface area contributed by atoms with E-state index in [2.05, 4.69) is 24.3 Å². The minimum Gasteiger partial charge on any atom is -0.312 e. The summed E-state index contributed by atoms with van der Waals surface area (Å²) in [4.78, 5) is 0. The summed E-state index contributed by atoms with van der Waals surface area (Å²) in [5, 5.41) is 8.60. The largest absolute Gasteiger partial charge is 0.312 e. The van der Waals surface area contributed by atoms with Gasteiger partial charge >= 0.3 is 0 Å². The van der Waals surface area contributed by atoms with Gasteiger partial charge in [0.2, 0.25) is 0 Å². The van der Waals surface area contributed by atoms with E-state index in [0.29, 0.717) is 6.04 Å². The predicted octanol–water partition coefficient (Wildman–Crippen LogP) is 2.54. The Morgan fingerprint density at radius 2 is 2.13 bits per heavy atom. The number of hydrogen-bond donors (Lipinski definition) is 1. The fourth-order valence-electron chi connectivity index (χ4n) is 1.45. The molecular weight excluding hydrogens is 210 g/mol. The van der Waals surface area contributed by atoms with Gasteiger partial charge in [-0.3, -0.25) is 4.68 Å². The lowest BCUT2D eigenvalue weighted by Crippen LogP contribution is -2.29. The van der Waals surface area contributed by atoms with Crippen LogP contribution >= 0.6 is 11.6 Å². The molecule has 0 saturated carbocycles. The van der Waals surface area contributed by atoms with Gasteiger partial charge in [-0.2, -0.15) is 5.10 Å². The molecule has 0 saturated heterocycles. The lowest BCUT2D eigenvalue weighted by atomic mass is 10.2. The zero-order valence-corrected chi connectivity index (χ0v) is 10.7. The van der Waals surface area contributed by atoms with Crippen LogP contribution in [-0.2, 0) is 6.54 Å². The van der Waals surface area contributed by atoms with Gasteiger partial charge in [0.1, 0.15) is 0 Å². The molecule has 1 aromatic rings. The monoisotopic (exact) mass is 229 g/mol. The third-order valence-electron chi connectivity index (χ3n) is 2.72. The molecule has 4 heteroatoms. The zero-order chi connectivity index (χ0) is 11.4. The average molecular weight is 230 g/mol. The van der Waals surface area contributed by atoms with Crippen molar-refractivity contribution in [1.82, 2.24) is 15.1 Å². The van der Waals surface area contributed by atoms with E-state index in [4.69, 9.17) is 11.6 Å². The summed E-state index contributed by atoms with van der Waals surface area (Å²) >= 11 is 6.06. The van der Waals surface area contributed by atoms with Gasteiger partial charge in [-0.05, 0) is 27.2 Å². The summed E-state index contributed by atoms with van der Waals surface area (Å²) < 4.78 is 1.97. The highest BCUT2D eigenvalue weighted by atomic mass is 35.5. The van der Waals surface area contributed by atoms with Crippen LogP contribution < -0.4 is 5.32 Å². The molecule has 0 aliphatic rings. The van der Waals surface area contributed by atoms with Crippen LogP contribution in [0.2, 0.25) is 5.02 Å². The average Bonchev–Trinajstić information content (AvgIpc) is 2.46. The number of halogens is 1. The summed E-state index contributed by atoms with van der Waals surface area (Å²) in [6.07, 6.45) is 1.15. The van der Waals surface area contributed by atoms with E-state index >= 15 is 0 Å². The molecule has 0 amide bonds. The molecule has 3 nitrogen and oxygen atoms in total. The Morgan fingerprint density at radius 3 is 2.60 bits per heavy atom. The van der Waals surface area contributed by atoms with E-state index in [9.17, 15) is 0 Å². The normalized spacial score (nSPS) is 13.1. The number of nitrogens with zero attached hydrogens (tertiary/aromatic N) is 2. The predicted molar refractivity (Wildman–Crippen MR) is 64.5 cm³/mol. The van der Waals surface area contributed by atoms with Gasteiger partial charge < -0.3 is 5.32 Å². The maximum absolute atomic E-state index is 6.06. The van der Waals surface area contributed by atoms with E-state index in [1.165, 1.54) is 0 Å². The van der Waals surface area contributed by atoms with Gasteiger partial charge in [0.25, 0.3) is 0 Å². The molecule has 1 heterocycles. The van der Waals surface area contributed by atoms with Crippen molar-refractivity contribution < 1.29 is 0 Å². The van der Waals surface area contributed by atoms with Crippen molar-refractivity contribution >= 4 is 11.6 Å². The fraction of sp³-hybridized carbons (Fsp3) is 0.727. The molecular formula is C11H20ClN3. The second kappa shape index (κ2) is 5.52. The lowest BCUT2D eigenvalue weighted by Gasteiger charge is -2.11. The van der Waals surface area contributed by atoms with Gasteiger partial charge in [0.15, 0.2) is 0 Å². The fourth-order valence-corrected chi connectivity index (χ4v) is 1.59. The minimum absolute atomic E-state index is 0.567. The van der Waals surface area contributed by atoms with Crippen LogP contribution in [0.25, 0.3) is 0 Å². The molecule has 1 atom stereocenters. The first-order chi connectivity index (χ1) is 7.06. The molecule has 0 radical (unpaired) electrons. The van der Waals surface area contributed by atoms with Crippen LogP contribution in [-0.4, -0.2) is 22.4 Å². The Bertz CT molecular complexity index is 320. The quantitative estimate of drug-likeness (QED) is 0.841. The molecule has 0 aliphatic carbocycles. The summed E-state index contributed by atoms with van der Waals surface area (Å²) in [7, 11) is 0. The van der Waals surface area contributed by atoms with Crippen molar-refractivity contribution in [2.75, 3.05) is 6.54 Å². The highest BCUT2D eigenvalue weighted by Crippen LogP contribution is 2.18. The van der Waals surface area contributed by atoms with Crippen molar-refractivity contribution in [3.8, 4) is 0 Å². The first kappa shape index (κ1) is 12.5. The number of nitrogens with one attached hydrogen (secondary N) is 1. The Labute approximate surface area is 96.8 Å². The smallest absolute Gasteiger partial charge is 0.0844 e. The van der Waals surface area contributed by atoms with Crippen molar-refractivity contribution in [3.05, 3.63) is 16.4 Å². The van der Waals surface area contributed by atoms with Gasteiger partial charge in [-0.1, -0.05) is 18.5 Å². The molecule has 0 aromatic carbocycles. The molecule has 0 bridgehead atoms. The second-order valence-electron chi connectivity index (χ2n) is 3.97. The van der Waals surface area contributed by atoms with E-state index < -0.39 is 0 Å². The molecule has 0 fully saturated rings. The Kier molecular flexibility index (Phi) is 4.61. The van der Waals surface area contributed by atoms with Gasteiger partial charge in [0, 0.05) is 12.6 Å². The summed E-state index contributed by atoms with van der Waals surface area (Å²) in [5.74, 6) is 0. The van der Waals surface area contributed by atoms with Gasteiger partial charge in [-0.15, -0.1) is 0 Å². The number of hydrogen-bond acceptors (Lipinski definition) is 2. The second-order valence-corrected chi connectivity index (χ2v) is 4.35.